The Morgan fingerprint density at radius 3 is 2.00 bits per heavy atom. The Labute approximate surface area is 157 Å². The maximum atomic E-state index is 6.51. The Hall–Kier alpha value is 1.54. The highest BCUT2D eigenvalue weighted by molar-refractivity contribution is 6.72. The molecule has 0 fully saturated rings. The topological polar surface area (TPSA) is 0 Å². The minimum absolute atomic E-state index is 0.293. The van der Waals surface area contributed by atoms with E-state index in [9.17, 15) is 0 Å². The van der Waals surface area contributed by atoms with Gasteiger partial charge in [0.05, 0.1) is 4.87 Å². The van der Waals surface area contributed by atoms with Crippen LogP contribution >= 0.6 is 92.8 Å². The number of halogens is 8. The van der Waals surface area contributed by atoms with E-state index in [4.69, 9.17) is 92.8 Å². The van der Waals surface area contributed by atoms with E-state index < -0.39 is 17.9 Å². The Morgan fingerprint density at radius 1 is 1.00 bits per heavy atom. The van der Waals surface area contributed by atoms with Gasteiger partial charge in [0.2, 0.25) is 0 Å². The van der Waals surface area contributed by atoms with Crippen molar-refractivity contribution < 1.29 is 0 Å². The zero-order valence-corrected chi connectivity index (χ0v) is 15.8. The van der Waals surface area contributed by atoms with Gasteiger partial charge in [-0.2, -0.15) is 0 Å². The highest BCUT2D eigenvalue weighted by Gasteiger charge is 2.66. The average Bonchev–Trinajstić information content (AvgIpc) is 2.42. The molecule has 0 aromatic heterocycles. The van der Waals surface area contributed by atoms with Crippen molar-refractivity contribution >= 4 is 92.8 Å². The van der Waals surface area contributed by atoms with Crippen LogP contribution in [0.4, 0.5) is 0 Å². The number of rotatable bonds is 2. The van der Waals surface area contributed by atoms with Crippen molar-refractivity contribution in [2.75, 3.05) is 0 Å². The van der Waals surface area contributed by atoms with E-state index in [2.05, 4.69) is 0 Å². The summed E-state index contributed by atoms with van der Waals surface area (Å²) in [5.74, 6) is 0. The fourth-order valence-corrected chi connectivity index (χ4v) is 4.11. The fraction of sp³-hybridized carbons (Fsp3) is 0.500. The first-order valence-corrected chi connectivity index (χ1v) is 8.53. The predicted octanol–water partition coefficient (Wildman–Crippen LogP) is 6.90. The molecule has 1 unspecified atom stereocenters. The van der Waals surface area contributed by atoms with Gasteiger partial charge in [-0.15, -0.1) is 11.6 Å². The summed E-state index contributed by atoms with van der Waals surface area (Å²) in [6.07, 6.45) is 7.54. The smallest absolute Gasteiger partial charge is 0.114 e. The van der Waals surface area contributed by atoms with E-state index in [1.165, 1.54) is 6.08 Å². The van der Waals surface area contributed by atoms with Crippen molar-refractivity contribution in [3.63, 3.8) is 0 Å². The largest absolute Gasteiger partial charge is 0.190 e. The summed E-state index contributed by atoms with van der Waals surface area (Å²) < 4.78 is -5.02. The van der Waals surface area contributed by atoms with Crippen LogP contribution in [-0.4, -0.2) is 17.9 Å². The highest BCUT2D eigenvalue weighted by atomic mass is 35.5. The molecule has 0 saturated carbocycles. The maximum Gasteiger partial charge on any atom is 0.190 e. The van der Waals surface area contributed by atoms with Gasteiger partial charge in [-0.05, 0) is 30.6 Å². The first kappa shape index (κ1) is 17.9. The average molecular weight is 436 g/mol. The summed E-state index contributed by atoms with van der Waals surface area (Å²) in [5.41, 5.74) is 0.474. The van der Waals surface area contributed by atoms with Crippen LogP contribution in [0.2, 0.25) is 0 Å². The Morgan fingerprint density at radius 2 is 1.60 bits per heavy atom. The molecule has 0 spiro atoms. The molecule has 0 saturated heterocycles. The van der Waals surface area contributed by atoms with Crippen LogP contribution in [0.1, 0.15) is 12.8 Å². The summed E-state index contributed by atoms with van der Waals surface area (Å²) in [4.78, 5) is -0.725. The third-order valence-corrected chi connectivity index (χ3v) is 7.70. The molecule has 8 heteroatoms. The minimum atomic E-state index is -1.78. The summed E-state index contributed by atoms with van der Waals surface area (Å²) in [6, 6.07) is 0. The molecule has 0 amide bonds. The SMILES string of the molecule is ClC1=CCC(Cl)(CC2=CC(Cl)(Cl)C(Cl)(Cl)C2(Cl)Cl)C=C1. The van der Waals surface area contributed by atoms with E-state index in [1.54, 1.807) is 18.2 Å². The molecule has 0 nitrogen and oxygen atoms in total. The van der Waals surface area contributed by atoms with E-state index in [1.807, 2.05) is 0 Å². The fourth-order valence-electron chi connectivity index (χ4n) is 2.05. The molecule has 2 aliphatic carbocycles. The van der Waals surface area contributed by atoms with E-state index in [0.717, 1.165) is 0 Å². The van der Waals surface area contributed by atoms with Gasteiger partial charge >= 0.3 is 0 Å². The molecule has 0 bridgehead atoms. The van der Waals surface area contributed by atoms with Crippen LogP contribution in [0.3, 0.4) is 0 Å². The zero-order chi connectivity index (χ0) is 15.4. The lowest BCUT2D eigenvalue weighted by molar-refractivity contribution is 0.653. The van der Waals surface area contributed by atoms with Crippen molar-refractivity contribution in [1.82, 2.24) is 0 Å². The molecule has 0 radical (unpaired) electrons. The van der Waals surface area contributed by atoms with E-state index in [-0.39, 0.29) is 0 Å². The summed E-state index contributed by atoms with van der Waals surface area (Å²) in [5, 5.41) is 0.623. The number of alkyl halides is 7. The number of hydrogen-bond acceptors (Lipinski definition) is 0. The number of allylic oxidation sites excluding steroid dienone is 6. The zero-order valence-electron chi connectivity index (χ0n) is 9.75. The van der Waals surface area contributed by atoms with Crippen LogP contribution in [0.15, 0.2) is 34.9 Å². The molecular formula is C12H8Cl8. The van der Waals surface area contributed by atoms with Gasteiger partial charge in [0.15, 0.2) is 13.0 Å². The standard InChI is InChI=1S/C12H8Cl8/c13-8-1-3-9(14,4-2-8)5-7-6-10(15,16)12(19,20)11(7,17)18/h1-3,6H,4-5H2. The molecule has 0 aliphatic heterocycles. The van der Waals surface area contributed by atoms with Gasteiger partial charge in [0.25, 0.3) is 0 Å². The first-order chi connectivity index (χ1) is 8.91. The predicted molar refractivity (Wildman–Crippen MR) is 92.3 cm³/mol. The highest BCUT2D eigenvalue weighted by Crippen LogP contribution is 2.64. The van der Waals surface area contributed by atoms with Crippen LogP contribution in [0, 0.1) is 0 Å². The Bertz CT molecular complexity index is 514. The van der Waals surface area contributed by atoms with Crippen molar-refractivity contribution in [3.05, 3.63) is 34.9 Å². The molecule has 112 valence electrons. The summed E-state index contributed by atoms with van der Waals surface area (Å²) in [7, 11) is 0. The lowest BCUT2D eigenvalue weighted by atomic mass is 9.91. The lowest BCUT2D eigenvalue weighted by Gasteiger charge is -2.35. The Balaban J connectivity index is 2.29. The van der Waals surface area contributed by atoms with E-state index >= 15 is 0 Å². The van der Waals surface area contributed by atoms with E-state index in [0.29, 0.717) is 23.4 Å². The summed E-state index contributed by atoms with van der Waals surface area (Å²) in [6.45, 7) is 0. The van der Waals surface area contributed by atoms with Gasteiger partial charge in [-0.1, -0.05) is 93.4 Å². The molecule has 0 heterocycles. The maximum absolute atomic E-state index is 6.51. The molecule has 2 rings (SSSR count). The Kier molecular flexibility index (Phi) is 4.98. The van der Waals surface area contributed by atoms with Crippen LogP contribution in [-0.2, 0) is 0 Å². The second kappa shape index (κ2) is 5.56. The molecule has 0 aromatic carbocycles. The molecule has 0 N–H and O–H groups in total. The monoisotopic (exact) mass is 432 g/mol. The molecule has 1 atom stereocenters. The molecule has 2 aliphatic rings. The quantitative estimate of drug-likeness (QED) is 0.327. The van der Waals surface area contributed by atoms with Gasteiger partial charge in [-0.3, -0.25) is 0 Å². The number of hydrogen-bond donors (Lipinski definition) is 0. The van der Waals surface area contributed by atoms with Crippen molar-refractivity contribution in [2.45, 2.75) is 30.7 Å². The molecule has 0 aromatic rings. The van der Waals surface area contributed by atoms with Crippen molar-refractivity contribution in [3.8, 4) is 0 Å². The second-order valence-electron chi connectivity index (χ2n) is 4.78. The first-order valence-electron chi connectivity index (χ1n) is 5.51. The van der Waals surface area contributed by atoms with Gasteiger partial charge < -0.3 is 0 Å². The van der Waals surface area contributed by atoms with Crippen LogP contribution in [0.25, 0.3) is 0 Å². The van der Waals surface area contributed by atoms with Crippen LogP contribution < -0.4 is 0 Å². The van der Waals surface area contributed by atoms with Crippen molar-refractivity contribution in [2.24, 2.45) is 0 Å². The summed E-state index contributed by atoms with van der Waals surface area (Å²) >= 11 is 49.3. The normalized spacial score (nSPS) is 33.8. The minimum Gasteiger partial charge on any atom is -0.114 e. The van der Waals surface area contributed by atoms with Gasteiger partial charge in [0.1, 0.15) is 0 Å². The van der Waals surface area contributed by atoms with Crippen molar-refractivity contribution in [1.29, 1.82) is 0 Å². The van der Waals surface area contributed by atoms with Gasteiger partial charge in [-0.25, -0.2) is 0 Å². The third kappa shape index (κ3) is 2.97. The third-order valence-electron chi connectivity index (χ3n) is 3.23. The second-order valence-corrected chi connectivity index (χ2v) is 10.0. The lowest BCUT2D eigenvalue weighted by Crippen LogP contribution is -2.44. The van der Waals surface area contributed by atoms with Crippen LogP contribution in [0.5, 0.6) is 0 Å². The molecule has 20 heavy (non-hydrogen) atoms. The van der Waals surface area contributed by atoms with Gasteiger partial charge in [0, 0.05) is 5.03 Å². The molecular weight excluding hydrogens is 428 g/mol.